The van der Waals surface area contributed by atoms with E-state index in [2.05, 4.69) is 10.6 Å². The highest BCUT2D eigenvalue weighted by atomic mass is 16.5. The van der Waals surface area contributed by atoms with Gasteiger partial charge in [0.15, 0.2) is 11.5 Å². The van der Waals surface area contributed by atoms with E-state index < -0.39 is 5.91 Å². The van der Waals surface area contributed by atoms with Crippen molar-refractivity contribution in [1.82, 2.24) is 0 Å². The molecule has 0 aliphatic carbocycles. The first-order valence-corrected chi connectivity index (χ1v) is 7.51. The quantitative estimate of drug-likeness (QED) is 0.614. The van der Waals surface area contributed by atoms with Gasteiger partial charge in [0.1, 0.15) is 11.6 Å². The lowest BCUT2D eigenvalue weighted by Crippen LogP contribution is -2.14. The minimum atomic E-state index is -0.569. The molecule has 0 aliphatic heterocycles. The number of anilines is 2. The maximum absolute atomic E-state index is 12.3. The van der Waals surface area contributed by atoms with Crippen molar-refractivity contribution in [3.05, 3.63) is 59.8 Å². The molecule has 0 atom stereocenters. The molecule has 0 saturated heterocycles. The molecule has 0 radical (unpaired) electrons. The summed E-state index contributed by atoms with van der Waals surface area (Å²) in [5.41, 5.74) is 1.53. The highest BCUT2D eigenvalue weighted by molar-refractivity contribution is 6.06. The summed E-state index contributed by atoms with van der Waals surface area (Å²) < 4.78 is 10.3. The van der Waals surface area contributed by atoms with E-state index >= 15 is 0 Å². The van der Waals surface area contributed by atoms with Crippen LogP contribution in [0.15, 0.2) is 54.2 Å². The van der Waals surface area contributed by atoms with Crippen LogP contribution in [0.3, 0.4) is 0 Å². The number of carbonyl (C=O) groups excluding carboxylic acids is 1. The fourth-order valence-electron chi connectivity index (χ4n) is 2.06. The number of nitrogens with one attached hydrogen (secondary N) is 2. The second-order valence-electron chi connectivity index (χ2n) is 5.03. The molecule has 0 heterocycles. The van der Waals surface area contributed by atoms with Gasteiger partial charge < -0.3 is 20.1 Å². The summed E-state index contributed by atoms with van der Waals surface area (Å²) in [6, 6.07) is 15.4. The monoisotopic (exact) mass is 348 g/mol. The van der Waals surface area contributed by atoms with Crippen LogP contribution in [0.1, 0.15) is 5.56 Å². The second kappa shape index (κ2) is 8.76. The van der Waals surface area contributed by atoms with Crippen LogP contribution >= 0.6 is 0 Å². The van der Waals surface area contributed by atoms with Crippen molar-refractivity contribution in [2.75, 3.05) is 24.9 Å². The Balaban J connectivity index is 2.10. The number of carbonyl (C=O) groups is 1. The molecule has 26 heavy (non-hydrogen) atoms. The van der Waals surface area contributed by atoms with E-state index in [1.165, 1.54) is 20.4 Å². The van der Waals surface area contributed by atoms with Gasteiger partial charge in [-0.05, 0) is 36.4 Å². The number of nitriles is 2. The van der Waals surface area contributed by atoms with Gasteiger partial charge in [0, 0.05) is 23.6 Å². The summed E-state index contributed by atoms with van der Waals surface area (Å²) in [5, 5.41) is 23.5. The summed E-state index contributed by atoms with van der Waals surface area (Å²) in [6.45, 7) is 0. The van der Waals surface area contributed by atoms with Crippen LogP contribution in [0.5, 0.6) is 11.5 Å². The molecule has 7 nitrogen and oxygen atoms in total. The lowest BCUT2D eigenvalue weighted by atomic mass is 10.2. The molecular weight excluding hydrogens is 332 g/mol. The Morgan fingerprint density at radius 1 is 1.00 bits per heavy atom. The average molecular weight is 348 g/mol. The van der Waals surface area contributed by atoms with E-state index in [-0.39, 0.29) is 5.57 Å². The van der Waals surface area contributed by atoms with Crippen molar-refractivity contribution in [2.24, 2.45) is 0 Å². The lowest BCUT2D eigenvalue weighted by molar-refractivity contribution is -0.112. The Morgan fingerprint density at radius 3 is 2.23 bits per heavy atom. The molecule has 0 fully saturated rings. The fraction of sp³-hybridized carbons (Fsp3) is 0.105. The molecule has 2 N–H and O–H groups in total. The van der Waals surface area contributed by atoms with Crippen molar-refractivity contribution in [3.63, 3.8) is 0 Å². The topological polar surface area (TPSA) is 107 Å². The van der Waals surface area contributed by atoms with E-state index in [9.17, 15) is 10.1 Å². The smallest absolute Gasteiger partial charge is 0.267 e. The molecule has 0 aromatic heterocycles. The SMILES string of the molecule is COc1ccc(NC(=O)/C(C#N)=C\Nc2ccc(C#N)cc2)cc1OC. The predicted octanol–water partition coefficient (Wildman–Crippen LogP) is 3.03. The molecule has 1 amide bonds. The largest absolute Gasteiger partial charge is 0.493 e. The minimum absolute atomic E-state index is 0.107. The van der Waals surface area contributed by atoms with Gasteiger partial charge in [0.2, 0.25) is 0 Å². The predicted molar refractivity (Wildman–Crippen MR) is 96.7 cm³/mol. The Hall–Kier alpha value is -3.97. The summed E-state index contributed by atoms with van der Waals surface area (Å²) in [6.07, 6.45) is 1.30. The van der Waals surface area contributed by atoms with Crippen LogP contribution in [-0.4, -0.2) is 20.1 Å². The van der Waals surface area contributed by atoms with Crippen molar-refractivity contribution < 1.29 is 14.3 Å². The van der Waals surface area contributed by atoms with Gasteiger partial charge in [-0.2, -0.15) is 10.5 Å². The van der Waals surface area contributed by atoms with Gasteiger partial charge in [-0.1, -0.05) is 0 Å². The zero-order valence-corrected chi connectivity index (χ0v) is 14.2. The van der Waals surface area contributed by atoms with Gasteiger partial charge in [-0.15, -0.1) is 0 Å². The highest BCUT2D eigenvalue weighted by Gasteiger charge is 2.11. The molecule has 0 bridgehead atoms. The third kappa shape index (κ3) is 4.53. The van der Waals surface area contributed by atoms with Gasteiger partial charge in [-0.25, -0.2) is 0 Å². The molecular formula is C19H16N4O3. The van der Waals surface area contributed by atoms with Crippen LogP contribution < -0.4 is 20.1 Å². The Morgan fingerprint density at radius 2 is 1.65 bits per heavy atom. The number of hydrogen-bond donors (Lipinski definition) is 2. The third-order valence-electron chi connectivity index (χ3n) is 3.40. The molecule has 7 heteroatoms. The number of rotatable bonds is 6. The van der Waals surface area contributed by atoms with Crippen molar-refractivity contribution in [2.45, 2.75) is 0 Å². The van der Waals surface area contributed by atoms with Crippen LogP contribution in [-0.2, 0) is 4.79 Å². The molecule has 0 saturated carbocycles. The summed E-state index contributed by atoms with van der Waals surface area (Å²) >= 11 is 0. The van der Waals surface area contributed by atoms with Gasteiger partial charge in [-0.3, -0.25) is 4.79 Å². The first-order chi connectivity index (χ1) is 12.6. The number of hydrogen-bond acceptors (Lipinski definition) is 6. The summed E-state index contributed by atoms with van der Waals surface area (Å²) in [4.78, 5) is 12.3. The third-order valence-corrected chi connectivity index (χ3v) is 3.40. The van der Waals surface area contributed by atoms with E-state index in [1.807, 2.05) is 12.1 Å². The Labute approximate surface area is 151 Å². The lowest BCUT2D eigenvalue weighted by Gasteiger charge is -2.10. The standard InChI is InChI=1S/C19H16N4O3/c1-25-17-8-7-16(9-18(17)26-2)23-19(24)14(11-21)12-22-15-5-3-13(10-20)4-6-15/h3-9,12,22H,1-2H3,(H,23,24)/b14-12-. The Kier molecular flexibility index (Phi) is 6.19. The van der Waals surface area contributed by atoms with Crippen molar-refractivity contribution >= 4 is 17.3 Å². The molecule has 0 aliphatic rings. The fourth-order valence-corrected chi connectivity index (χ4v) is 2.06. The number of benzene rings is 2. The zero-order valence-electron chi connectivity index (χ0n) is 14.2. The summed E-state index contributed by atoms with van der Waals surface area (Å²) in [7, 11) is 3.01. The maximum atomic E-state index is 12.3. The maximum Gasteiger partial charge on any atom is 0.267 e. The van der Waals surface area contributed by atoms with Gasteiger partial charge in [0.05, 0.1) is 25.9 Å². The van der Waals surface area contributed by atoms with Crippen LogP contribution in [0.25, 0.3) is 0 Å². The second-order valence-corrected chi connectivity index (χ2v) is 5.03. The molecule has 2 aromatic rings. The van der Waals surface area contributed by atoms with E-state index in [1.54, 1.807) is 42.5 Å². The first kappa shape index (κ1) is 18.4. The molecule has 2 aromatic carbocycles. The number of amides is 1. The van der Waals surface area contributed by atoms with E-state index in [4.69, 9.17) is 14.7 Å². The number of nitrogens with zero attached hydrogens (tertiary/aromatic N) is 2. The molecule has 0 unspecified atom stereocenters. The molecule has 130 valence electrons. The number of methoxy groups -OCH3 is 2. The minimum Gasteiger partial charge on any atom is -0.493 e. The zero-order chi connectivity index (χ0) is 18.9. The molecule has 2 rings (SSSR count). The van der Waals surface area contributed by atoms with Crippen LogP contribution in [0.2, 0.25) is 0 Å². The Bertz CT molecular complexity index is 906. The van der Waals surface area contributed by atoms with E-state index in [0.717, 1.165) is 0 Å². The van der Waals surface area contributed by atoms with Crippen LogP contribution in [0.4, 0.5) is 11.4 Å². The van der Waals surface area contributed by atoms with E-state index in [0.29, 0.717) is 28.4 Å². The van der Waals surface area contributed by atoms with Gasteiger partial charge in [0.25, 0.3) is 5.91 Å². The van der Waals surface area contributed by atoms with Crippen LogP contribution in [0, 0.1) is 22.7 Å². The molecule has 0 spiro atoms. The van der Waals surface area contributed by atoms with Crippen molar-refractivity contribution in [1.29, 1.82) is 10.5 Å². The average Bonchev–Trinajstić information content (AvgIpc) is 2.68. The number of ether oxygens (including phenoxy) is 2. The summed E-state index contributed by atoms with van der Waals surface area (Å²) in [5.74, 6) is 0.424. The van der Waals surface area contributed by atoms with Crippen molar-refractivity contribution in [3.8, 4) is 23.6 Å². The highest BCUT2D eigenvalue weighted by Crippen LogP contribution is 2.29. The normalized spacial score (nSPS) is 10.2. The first-order valence-electron chi connectivity index (χ1n) is 7.51. The van der Waals surface area contributed by atoms with Gasteiger partial charge >= 0.3 is 0 Å².